The van der Waals surface area contributed by atoms with Crippen molar-refractivity contribution in [3.05, 3.63) is 35.4 Å². The predicted octanol–water partition coefficient (Wildman–Crippen LogP) is 2.42. The van der Waals surface area contributed by atoms with Gasteiger partial charge in [-0.2, -0.15) is 0 Å². The van der Waals surface area contributed by atoms with Gasteiger partial charge in [0.2, 0.25) is 0 Å². The summed E-state index contributed by atoms with van der Waals surface area (Å²) in [4.78, 5) is 0. The Morgan fingerprint density at radius 1 is 1.36 bits per heavy atom. The smallest absolute Gasteiger partial charge is 0.134 e. The van der Waals surface area contributed by atoms with Crippen molar-refractivity contribution in [2.75, 3.05) is 6.61 Å². The fourth-order valence-electron chi connectivity index (χ4n) is 1.66. The van der Waals surface area contributed by atoms with Crippen molar-refractivity contribution in [2.24, 2.45) is 0 Å². The molecule has 1 fully saturated rings. The minimum Gasteiger partial charge on any atom is -0.357 e. The van der Waals surface area contributed by atoms with Gasteiger partial charge in [-0.25, -0.2) is 0 Å². The monoisotopic (exact) mass is 213 g/mol. The number of rotatable bonds is 1. The number of benzene rings is 1. The maximum Gasteiger partial charge on any atom is 0.134 e. The lowest BCUT2D eigenvalue weighted by molar-refractivity contribution is 0.100. The average Bonchev–Trinajstić information content (AvgIpc) is 2.53. The molecule has 2 nitrogen and oxygen atoms in total. The first-order valence-corrected chi connectivity index (χ1v) is 4.70. The summed E-state index contributed by atoms with van der Waals surface area (Å²) in [6.07, 6.45) is 0.0937. The van der Waals surface area contributed by atoms with E-state index in [9.17, 15) is 0 Å². The van der Waals surface area contributed by atoms with E-state index >= 15 is 0 Å². The molecule has 78 valence electrons. The van der Waals surface area contributed by atoms with Crippen LogP contribution < -0.4 is 5.32 Å². The van der Waals surface area contributed by atoms with Gasteiger partial charge in [0, 0.05) is 6.04 Å². The SMILES string of the molecule is Cc1ccccc1C1NC(C)CO1.Cl. The first kappa shape index (κ1) is 11.5. The topological polar surface area (TPSA) is 21.3 Å². The summed E-state index contributed by atoms with van der Waals surface area (Å²) in [5.74, 6) is 0. The van der Waals surface area contributed by atoms with Crippen molar-refractivity contribution < 1.29 is 4.74 Å². The van der Waals surface area contributed by atoms with E-state index < -0.39 is 0 Å². The number of halogens is 1. The molecule has 1 N–H and O–H groups in total. The normalized spacial score (nSPS) is 25.9. The Morgan fingerprint density at radius 2 is 2.07 bits per heavy atom. The van der Waals surface area contributed by atoms with Crippen molar-refractivity contribution in [1.82, 2.24) is 5.32 Å². The molecule has 14 heavy (non-hydrogen) atoms. The van der Waals surface area contributed by atoms with E-state index in [-0.39, 0.29) is 18.6 Å². The zero-order valence-electron chi connectivity index (χ0n) is 8.49. The van der Waals surface area contributed by atoms with Gasteiger partial charge in [-0.15, -0.1) is 12.4 Å². The second kappa shape index (κ2) is 4.78. The molecular weight excluding hydrogens is 198 g/mol. The molecule has 1 aromatic carbocycles. The number of nitrogens with one attached hydrogen (secondary N) is 1. The zero-order chi connectivity index (χ0) is 9.26. The molecular formula is C11H16ClNO. The fourth-order valence-corrected chi connectivity index (χ4v) is 1.66. The van der Waals surface area contributed by atoms with Gasteiger partial charge in [-0.05, 0) is 25.0 Å². The molecule has 0 aliphatic carbocycles. The maximum atomic E-state index is 5.62. The fraction of sp³-hybridized carbons (Fsp3) is 0.455. The molecule has 1 aliphatic rings. The van der Waals surface area contributed by atoms with Crippen LogP contribution in [0.2, 0.25) is 0 Å². The number of ether oxygens (including phenoxy) is 1. The number of aryl methyl sites for hydroxylation is 1. The highest BCUT2D eigenvalue weighted by Gasteiger charge is 2.22. The largest absolute Gasteiger partial charge is 0.357 e. The summed E-state index contributed by atoms with van der Waals surface area (Å²) in [6.45, 7) is 5.06. The molecule has 0 saturated carbocycles. The molecule has 0 radical (unpaired) electrons. The van der Waals surface area contributed by atoms with E-state index in [1.165, 1.54) is 11.1 Å². The van der Waals surface area contributed by atoms with Gasteiger partial charge in [-0.3, -0.25) is 5.32 Å². The Morgan fingerprint density at radius 3 is 2.64 bits per heavy atom. The summed E-state index contributed by atoms with van der Waals surface area (Å²) < 4.78 is 5.62. The van der Waals surface area contributed by atoms with Gasteiger partial charge >= 0.3 is 0 Å². The Hall–Kier alpha value is -0.570. The third-order valence-electron chi connectivity index (χ3n) is 2.42. The Labute approximate surface area is 91.1 Å². The van der Waals surface area contributed by atoms with Crippen LogP contribution in [-0.2, 0) is 4.74 Å². The molecule has 1 aliphatic heterocycles. The van der Waals surface area contributed by atoms with Crippen molar-refractivity contribution >= 4 is 12.4 Å². The predicted molar refractivity (Wildman–Crippen MR) is 59.7 cm³/mol. The van der Waals surface area contributed by atoms with Crippen LogP contribution >= 0.6 is 12.4 Å². The first-order chi connectivity index (χ1) is 6.27. The zero-order valence-corrected chi connectivity index (χ0v) is 9.30. The molecule has 0 amide bonds. The van der Waals surface area contributed by atoms with Crippen molar-refractivity contribution in [2.45, 2.75) is 26.1 Å². The highest BCUT2D eigenvalue weighted by molar-refractivity contribution is 5.85. The highest BCUT2D eigenvalue weighted by Crippen LogP contribution is 2.22. The summed E-state index contributed by atoms with van der Waals surface area (Å²) in [7, 11) is 0. The highest BCUT2D eigenvalue weighted by atomic mass is 35.5. The molecule has 0 spiro atoms. The van der Waals surface area contributed by atoms with Crippen molar-refractivity contribution in [3.63, 3.8) is 0 Å². The van der Waals surface area contributed by atoms with E-state index in [1.807, 2.05) is 0 Å². The second-order valence-electron chi connectivity index (χ2n) is 3.64. The van der Waals surface area contributed by atoms with Crippen LogP contribution in [0.15, 0.2) is 24.3 Å². The van der Waals surface area contributed by atoms with E-state index in [0.29, 0.717) is 6.04 Å². The number of hydrogen-bond donors (Lipinski definition) is 1. The van der Waals surface area contributed by atoms with E-state index in [1.54, 1.807) is 0 Å². The van der Waals surface area contributed by atoms with E-state index in [2.05, 4.69) is 43.4 Å². The van der Waals surface area contributed by atoms with Crippen LogP contribution in [0.1, 0.15) is 24.3 Å². The van der Waals surface area contributed by atoms with Gasteiger partial charge < -0.3 is 4.74 Å². The van der Waals surface area contributed by atoms with Crippen LogP contribution in [0.25, 0.3) is 0 Å². The summed E-state index contributed by atoms with van der Waals surface area (Å²) in [6, 6.07) is 8.80. The summed E-state index contributed by atoms with van der Waals surface area (Å²) >= 11 is 0. The van der Waals surface area contributed by atoms with Crippen LogP contribution in [0.5, 0.6) is 0 Å². The third-order valence-corrected chi connectivity index (χ3v) is 2.42. The van der Waals surface area contributed by atoms with Crippen LogP contribution in [0, 0.1) is 6.92 Å². The lowest BCUT2D eigenvalue weighted by Gasteiger charge is -2.13. The maximum absolute atomic E-state index is 5.62. The molecule has 1 saturated heterocycles. The molecule has 1 heterocycles. The van der Waals surface area contributed by atoms with Crippen LogP contribution in [-0.4, -0.2) is 12.6 Å². The lowest BCUT2D eigenvalue weighted by atomic mass is 10.1. The quantitative estimate of drug-likeness (QED) is 0.774. The Kier molecular flexibility index (Phi) is 3.93. The van der Waals surface area contributed by atoms with E-state index in [4.69, 9.17) is 4.74 Å². The van der Waals surface area contributed by atoms with Crippen molar-refractivity contribution in [1.29, 1.82) is 0 Å². The molecule has 2 atom stereocenters. The van der Waals surface area contributed by atoms with Gasteiger partial charge in [0.25, 0.3) is 0 Å². The molecule has 2 unspecified atom stereocenters. The average molecular weight is 214 g/mol. The van der Waals surface area contributed by atoms with Gasteiger partial charge in [-0.1, -0.05) is 24.3 Å². The third kappa shape index (κ3) is 2.27. The van der Waals surface area contributed by atoms with Gasteiger partial charge in [0.15, 0.2) is 0 Å². The number of hydrogen-bond acceptors (Lipinski definition) is 2. The molecule has 0 bridgehead atoms. The lowest BCUT2D eigenvalue weighted by Crippen LogP contribution is -2.22. The minimum absolute atomic E-state index is 0. The standard InChI is InChI=1S/C11H15NO.ClH/c1-8-5-3-4-6-10(8)11-12-9(2)7-13-11;/h3-6,9,11-12H,7H2,1-2H3;1H. The molecule has 0 aromatic heterocycles. The molecule has 2 rings (SSSR count). The second-order valence-corrected chi connectivity index (χ2v) is 3.64. The summed E-state index contributed by atoms with van der Waals surface area (Å²) in [5.41, 5.74) is 2.54. The van der Waals surface area contributed by atoms with Crippen LogP contribution in [0.4, 0.5) is 0 Å². The van der Waals surface area contributed by atoms with Crippen LogP contribution in [0.3, 0.4) is 0 Å². The van der Waals surface area contributed by atoms with Crippen molar-refractivity contribution in [3.8, 4) is 0 Å². The minimum atomic E-state index is 0. The van der Waals surface area contributed by atoms with E-state index in [0.717, 1.165) is 6.61 Å². The summed E-state index contributed by atoms with van der Waals surface area (Å²) in [5, 5.41) is 3.39. The first-order valence-electron chi connectivity index (χ1n) is 4.70. The van der Waals surface area contributed by atoms with Gasteiger partial charge in [0.05, 0.1) is 6.61 Å². The Bertz CT molecular complexity index is 303. The Balaban J connectivity index is 0.000000980. The van der Waals surface area contributed by atoms with Gasteiger partial charge in [0.1, 0.15) is 6.23 Å². The molecule has 3 heteroatoms. The molecule has 1 aromatic rings.